The van der Waals surface area contributed by atoms with E-state index in [0.29, 0.717) is 11.1 Å². The molecule has 0 fully saturated rings. The highest BCUT2D eigenvalue weighted by molar-refractivity contribution is 5.96. The molecule has 13 heteroatoms. The van der Waals surface area contributed by atoms with Gasteiger partial charge in [0.1, 0.15) is 11.9 Å². The van der Waals surface area contributed by atoms with Crippen molar-refractivity contribution in [2.45, 2.75) is 25.7 Å². The van der Waals surface area contributed by atoms with Crippen LogP contribution in [-0.2, 0) is 13.6 Å². The van der Waals surface area contributed by atoms with Crippen molar-refractivity contribution in [1.29, 1.82) is 0 Å². The standard InChI is InChI=1S/C24H21F5N6O2/c1-12(24(27,28)29)35(23-31-9-16-17(25)7-14(22(30)36)8-19(16)32-23)11-15-10-34(2)33-21(15)13-4-5-20(37-3)18(26)6-13/h4-10,12H,11H2,1-3H3,(H2,30,36)/t12-/m0/s1. The van der Waals surface area contributed by atoms with Gasteiger partial charge in [0.2, 0.25) is 11.9 Å². The molecule has 1 amide bonds. The number of hydrogen-bond donors (Lipinski definition) is 1. The van der Waals surface area contributed by atoms with Crippen LogP contribution in [0.25, 0.3) is 22.2 Å². The number of nitrogens with zero attached hydrogens (tertiary/aromatic N) is 5. The first-order valence-corrected chi connectivity index (χ1v) is 10.8. The first-order chi connectivity index (χ1) is 17.4. The summed E-state index contributed by atoms with van der Waals surface area (Å²) in [5.74, 6) is -2.80. The first kappa shape index (κ1) is 25.8. The predicted octanol–water partition coefficient (Wildman–Crippen LogP) is 4.37. The molecule has 8 nitrogen and oxygen atoms in total. The Balaban J connectivity index is 1.82. The Bertz CT molecular complexity index is 1490. The highest BCUT2D eigenvalue weighted by atomic mass is 19.4. The van der Waals surface area contributed by atoms with E-state index in [2.05, 4.69) is 15.1 Å². The molecule has 0 aliphatic rings. The Kier molecular flexibility index (Phi) is 6.72. The number of nitrogens with two attached hydrogens (primary N) is 1. The fraction of sp³-hybridized carbons (Fsp3) is 0.250. The van der Waals surface area contributed by atoms with Crippen molar-refractivity contribution >= 4 is 22.8 Å². The first-order valence-electron chi connectivity index (χ1n) is 10.8. The van der Waals surface area contributed by atoms with Crippen molar-refractivity contribution in [2.24, 2.45) is 12.8 Å². The number of fused-ring (bicyclic) bond motifs is 1. The second kappa shape index (κ2) is 9.64. The number of aryl methyl sites for hydroxylation is 1. The number of anilines is 1. The summed E-state index contributed by atoms with van der Waals surface area (Å²) in [7, 11) is 2.88. The van der Waals surface area contributed by atoms with Crippen LogP contribution in [0.2, 0.25) is 0 Å². The molecule has 2 heterocycles. The summed E-state index contributed by atoms with van der Waals surface area (Å²) in [6.07, 6.45) is -2.15. The number of benzene rings is 2. The molecule has 0 bridgehead atoms. The van der Waals surface area contributed by atoms with E-state index in [-0.39, 0.29) is 40.4 Å². The topological polar surface area (TPSA) is 99.2 Å². The van der Waals surface area contributed by atoms with Crippen molar-refractivity contribution in [3.63, 3.8) is 0 Å². The van der Waals surface area contributed by atoms with Gasteiger partial charge in [-0.1, -0.05) is 0 Å². The van der Waals surface area contributed by atoms with Crippen molar-refractivity contribution in [3.8, 4) is 17.0 Å². The van der Waals surface area contributed by atoms with Gasteiger partial charge in [-0.2, -0.15) is 18.3 Å². The predicted molar refractivity (Wildman–Crippen MR) is 125 cm³/mol. The lowest BCUT2D eigenvalue weighted by atomic mass is 10.1. The Morgan fingerprint density at radius 2 is 1.92 bits per heavy atom. The van der Waals surface area contributed by atoms with Crippen LogP contribution in [0.3, 0.4) is 0 Å². The molecule has 0 saturated heterocycles. The number of halogens is 5. The molecule has 0 saturated carbocycles. The third-order valence-corrected chi connectivity index (χ3v) is 5.79. The lowest BCUT2D eigenvalue weighted by Crippen LogP contribution is -2.44. The summed E-state index contributed by atoms with van der Waals surface area (Å²) >= 11 is 0. The van der Waals surface area contributed by atoms with Gasteiger partial charge in [0.05, 0.1) is 30.3 Å². The number of alkyl halides is 3. The molecule has 194 valence electrons. The van der Waals surface area contributed by atoms with Gasteiger partial charge in [-0.15, -0.1) is 0 Å². The van der Waals surface area contributed by atoms with E-state index in [1.54, 1.807) is 7.05 Å². The maximum atomic E-state index is 14.4. The molecule has 0 radical (unpaired) electrons. The molecule has 4 aromatic rings. The summed E-state index contributed by atoms with van der Waals surface area (Å²) < 4.78 is 76.8. The van der Waals surface area contributed by atoms with Crippen LogP contribution >= 0.6 is 0 Å². The molecule has 4 rings (SSSR count). The lowest BCUT2D eigenvalue weighted by Gasteiger charge is -2.30. The van der Waals surface area contributed by atoms with Crippen LogP contribution in [0.1, 0.15) is 22.8 Å². The second-order valence-electron chi connectivity index (χ2n) is 8.30. The SMILES string of the molecule is COc1ccc(-c2nn(C)cc2CN(c2ncc3c(F)cc(C(N)=O)cc3n2)[C@@H](C)C(F)(F)F)cc1F. The number of rotatable bonds is 7. The third-order valence-electron chi connectivity index (χ3n) is 5.79. The van der Waals surface area contributed by atoms with Crippen molar-refractivity contribution in [1.82, 2.24) is 19.7 Å². The molecule has 1 atom stereocenters. The Labute approximate surface area is 207 Å². The van der Waals surface area contributed by atoms with Gasteiger partial charge < -0.3 is 15.4 Å². The number of primary amides is 1. The Hall–Kier alpha value is -4.29. The van der Waals surface area contributed by atoms with E-state index >= 15 is 0 Å². The zero-order chi connectivity index (χ0) is 27.1. The van der Waals surface area contributed by atoms with Gasteiger partial charge in [0, 0.05) is 36.1 Å². The van der Waals surface area contributed by atoms with Crippen LogP contribution in [0.15, 0.2) is 42.7 Å². The molecule has 0 aliphatic heterocycles. The number of hydrogen-bond acceptors (Lipinski definition) is 6. The van der Waals surface area contributed by atoms with Crippen LogP contribution in [0, 0.1) is 11.6 Å². The molecule has 37 heavy (non-hydrogen) atoms. The average Bonchev–Trinajstić information content (AvgIpc) is 3.21. The normalized spacial score (nSPS) is 12.5. The van der Waals surface area contributed by atoms with Crippen LogP contribution in [-0.4, -0.2) is 45.0 Å². The minimum absolute atomic E-state index is 0.000627. The maximum Gasteiger partial charge on any atom is 0.408 e. The number of ether oxygens (including phenoxy) is 1. The summed E-state index contributed by atoms with van der Waals surface area (Å²) in [4.78, 5) is 20.5. The minimum Gasteiger partial charge on any atom is -0.494 e. The maximum absolute atomic E-state index is 14.4. The number of aromatic nitrogens is 4. The van der Waals surface area contributed by atoms with Gasteiger partial charge in [-0.3, -0.25) is 9.48 Å². The largest absolute Gasteiger partial charge is 0.494 e. The van der Waals surface area contributed by atoms with Crippen LogP contribution in [0.5, 0.6) is 5.75 Å². The van der Waals surface area contributed by atoms with Gasteiger partial charge >= 0.3 is 6.18 Å². The second-order valence-corrected chi connectivity index (χ2v) is 8.30. The van der Waals surface area contributed by atoms with Crippen LogP contribution in [0.4, 0.5) is 27.9 Å². The number of carbonyl (C=O) groups is 1. The van der Waals surface area contributed by atoms with Crippen molar-refractivity contribution < 1.29 is 31.5 Å². The third kappa shape index (κ3) is 5.15. The lowest BCUT2D eigenvalue weighted by molar-refractivity contribution is -0.145. The van der Waals surface area contributed by atoms with E-state index in [4.69, 9.17) is 10.5 Å². The van der Waals surface area contributed by atoms with E-state index in [1.807, 2.05) is 0 Å². The van der Waals surface area contributed by atoms with Gasteiger partial charge in [-0.05, 0) is 37.3 Å². The highest BCUT2D eigenvalue weighted by Gasteiger charge is 2.41. The smallest absolute Gasteiger partial charge is 0.408 e. The van der Waals surface area contributed by atoms with Crippen molar-refractivity contribution in [3.05, 3.63) is 65.5 Å². The molecule has 0 spiro atoms. The molecule has 0 unspecified atom stereocenters. The fourth-order valence-electron chi connectivity index (χ4n) is 3.81. The molecule has 2 N–H and O–H groups in total. The van der Waals surface area contributed by atoms with E-state index in [0.717, 1.165) is 24.1 Å². The van der Waals surface area contributed by atoms with Gasteiger partial charge in [-0.25, -0.2) is 18.7 Å². The highest BCUT2D eigenvalue weighted by Crippen LogP contribution is 2.33. The summed E-state index contributed by atoms with van der Waals surface area (Å²) in [5, 5.41) is 4.20. The van der Waals surface area contributed by atoms with E-state index < -0.39 is 29.8 Å². The Morgan fingerprint density at radius 1 is 1.19 bits per heavy atom. The van der Waals surface area contributed by atoms with Crippen LogP contribution < -0.4 is 15.4 Å². The fourth-order valence-corrected chi connectivity index (χ4v) is 3.81. The summed E-state index contributed by atoms with van der Waals surface area (Å²) in [6, 6.07) is 4.10. The van der Waals surface area contributed by atoms with Crippen molar-refractivity contribution in [2.75, 3.05) is 12.0 Å². The van der Waals surface area contributed by atoms with E-state index in [1.165, 1.54) is 42.3 Å². The number of carbonyl (C=O) groups excluding carboxylic acids is 1. The van der Waals surface area contributed by atoms with Gasteiger partial charge in [0.15, 0.2) is 11.6 Å². The number of methoxy groups -OCH3 is 1. The molecular weight excluding hydrogens is 499 g/mol. The Morgan fingerprint density at radius 3 is 2.54 bits per heavy atom. The summed E-state index contributed by atoms with van der Waals surface area (Å²) in [6.45, 7) is 0.554. The summed E-state index contributed by atoms with van der Waals surface area (Å²) in [5.41, 5.74) is 5.83. The monoisotopic (exact) mass is 520 g/mol. The minimum atomic E-state index is -4.69. The average molecular weight is 520 g/mol. The molecule has 2 aromatic heterocycles. The zero-order valence-electron chi connectivity index (χ0n) is 19.8. The van der Waals surface area contributed by atoms with Gasteiger partial charge in [0.25, 0.3) is 0 Å². The molecular formula is C24H21F5N6O2. The molecule has 2 aromatic carbocycles. The number of amides is 1. The molecule has 0 aliphatic carbocycles. The van der Waals surface area contributed by atoms with E-state index in [9.17, 15) is 26.7 Å². The zero-order valence-corrected chi connectivity index (χ0v) is 19.8. The quantitative estimate of drug-likeness (QED) is 0.364.